The molecule has 0 spiro atoms. The van der Waals surface area contributed by atoms with Crippen molar-refractivity contribution in [2.45, 2.75) is 81.9 Å². The van der Waals surface area contributed by atoms with Crippen molar-refractivity contribution in [3.63, 3.8) is 0 Å². The molecule has 0 saturated carbocycles. The zero-order chi connectivity index (χ0) is 10.5. The average molecular weight is 305 g/mol. The quantitative estimate of drug-likeness (QED) is 0.377. The van der Waals surface area contributed by atoms with Crippen LogP contribution in [0.4, 0.5) is 0 Å². The van der Waals surface area contributed by atoms with Crippen LogP contribution in [0.2, 0.25) is 4.37 Å². The fraction of sp³-hybridized carbons (Fsp3) is 1.00. The van der Waals surface area contributed by atoms with Gasteiger partial charge in [0.25, 0.3) is 0 Å². The predicted octanol–water partition coefficient (Wildman–Crippen LogP) is 4.88. The molecule has 1 heteroatoms. The average Bonchev–Trinajstić information content (AvgIpc) is 2.21. The Morgan fingerprint density at radius 3 is 1.29 bits per heavy atom. The van der Waals surface area contributed by atoms with Gasteiger partial charge >= 0.3 is 98.0 Å². The summed E-state index contributed by atoms with van der Waals surface area (Å²) in [5, 5.41) is 0. The van der Waals surface area contributed by atoms with Gasteiger partial charge in [-0.15, -0.1) is 0 Å². The summed E-state index contributed by atoms with van der Waals surface area (Å²) in [4.78, 5) is 0. The van der Waals surface area contributed by atoms with Crippen LogP contribution in [0, 0.1) is 0 Å². The molecule has 0 heterocycles. The molecule has 0 N–H and O–H groups in total. The van der Waals surface area contributed by atoms with Gasteiger partial charge in [0.1, 0.15) is 0 Å². The second kappa shape index (κ2) is 13.8. The standard InChI is InChI=1S/C13H27.Sb/c1-3-5-7-9-11-13-12-10-8-6-4-2;/h1,3-13H2,2H3;. The summed E-state index contributed by atoms with van der Waals surface area (Å²) in [5.41, 5.74) is 0. The molecular formula is C13H27Sb. The van der Waals surface area contributed by atoms with Gasteiger partial charge in [0.2, 0.25) is 0 Å². The van der Waals surface area contributed by atoms with Crippen LogP contribution in [0.1, 0.15) is 77.6 Å². The third-order valence-electron chi connectivity index (χ3n) is 2.76. The molecule has 0 rings (SSSR count). The fourth-order valence-corrected chi connectivity index (χ4v) is 2.41. The van der Waals surface area contributed by atoms with Gasteiger partial charge < -0.3 is 0 Å². The van der Waals surface area contributed by atoms with Crippen LogP contribution in [-0.2, 0) is 0 Å². The van der Waals surface area contributed by atoms with Gasteiger partial charge in [-0.1, -0.05) is 6.92 Å². The van der Waals surface area contributed by atoms with Crippen LogP contribution >= 0.6 is 0 Å². The summed E-state index contributed by atoms with van der Waals surface area (Å²) in [6.45, 7) is 2.29. The minimum atomic E-state index is 1.37. The van der Waals surface area contributed by atoms with E-state index in [9.17, 15) is 0 Å². The van der Waals surface area contributed by atoms with Gasteiger partial charge in [-0.25, -0.2) is 0 Å². The second-order valence-electron chi connectivity index (χ2n) is 4.26. The van der Waals surface area contributed by atoms with E-state index in [0.29, 0.717) is 0 Å². The van der Waals surface area contributed by atoms with E-state index >= 15 is 0 Å². The Labute approximate surface area is 105 Å². The van der Waals surface area contributed by atoms with Gasteiger partial charge in [0, 0.05) is 0 Å². The number of rotatable bonds is 11. The topological polar surface area (TPSA) is 0 Å². The Balaban J connectivity index is 2.78. The van der Waals surface area contributed by atoms with Crippen LogP contribution in [0.3, 0.4) is 0 Å². The SMILES string of the molecule is CCCCCCCCCCCC[CH2][Sb]. The van der Waals surface area contributed by atoms with Crippen molar-refractivity contribution in [3.05, 3.63) is 0 Å². The first-order chi connectivity index (χ1) is 6.91. The second-order valence-corrected chi connectivity index (χ2v) is 5.54. The van der Waals surface area contributed by atoms with E-state index in [0.717, 1.165) is 0 Å². The van der Waals surface area contributed by atoms with Crippen molar-refractivity contribution in [1.82, 2.24) is 0 Å². The van der Waals surface area contributed by atoms with Crippen LogP contribution in [0.15, 0.2) is 0 Å². The molecule has 0 aromatic heterocycles. The molecule has 0 amide bonds. The summed E-state index contributed by atoms with van der Waals surface area (Å²) in [5.74, 6) is 0. The van der Waals surface area contributed by atoms with E-state index in [1.807, 2.05) is 23.0 Å². The molecule has 2 radical (unpaired) electrons. The van der Waals surface area contributed by atoms with Gasteiger partial charge in [0.05, 0.1) is 0 Å². The van der Waals surface area contributed by atoms with E-state index < -0.39 is 0 Å². The molecule has 0 atom stereocenters. The maximum atomic E-state index is 2.29. The van der Waals surface area contributed by atoms with Crippen molar-refractivity contribution in [2.75, 3.05) is 0 Å². The summed E-state index contributed by atoms with van der Waals surface area (Å²) < 4.78 is 1.42. The summed E-state index contributed by atoms with van der Waals surface area (Å²) in [6.07, 6.45) is 16.1. The molecule has 0 aromatic rings. The number of hydrogen-bond donors (Lipinski definition) is 0. The molecule has 0 saturated heterocycles. The molecule has 0 unspecified atom stereocenters. The molecule has 0 aromatic carbocycles. The normalized spacial score (nSPS) is 10.7. The van der Waals surface area contributed by atoms with Gasteiger partial charge in [-0.2, -0.15) is 0 Å². The van der Waals surface area contributed by atoms with Crippen LogP contribution < -0.4 is 0 Å². The Kier molecular flexibility index (Phi) is 14.6. The molecular weight excluding hydrogens is 278 g/mol. The predicted molar refractivity (Wildman–Crippen MR) is 67.0 cm³/mol. The first kappa shape index (κ1) is 14.8. The molecule has 0 nitrogen and oxygen atoms in total. The van der Waals surface area contributed by atoms with Crippen molar-refractivity contribution < 1.29 is 0 Å². The van der Waals surface area contributed by atoms with Gasteiger partial charge in [-0.3, -0.25) is 0 Å². The Morgan fingerprint density at radius 1 is 0.571 bits per heavy atom. The summed E-state index contributed by atoms with van der Waals surface area (Å²) in [6, 6.07) is 0. The Hall–Kier alpha value is 0.818. The number of hydrogen-bond acceptors (Lipinski definition) is 0. The van der Waals surface area contributed by atoms with Crippen molar-refractivity contribution >= 4 is 23.0 Å². The summed E-state index contributed by atoms with van der Waals surface area (Å²) >= 11 is 1.97. The molecule has 0 bridgehead atoms. The van der Waals surface area contributed by atoms with Crippen molar-refractivity contribution in [1.29, 1.82) is 0 Å². The Morgan fingerprint density at radius 2 is 0.929 bits per heavy atom. The molecule has 0 aliphatic carbocycles. The number of unbranched alkanes of at least 4 members (excludes halogenated alkanes) is 10. The van der Waals surface area contributed by atoms with Gasteiger partial charge in [0.15, 0.2) is 0 Å². The first-order valence-electron chi connectivity index (χ1n) is 6.52. The van der Waals surface area contributed by atoms with E-state index in [-0.39, 0.29) is 0 Å². The maximum absolute atomic E-state index is 2.29. The van der Waals surface area contributed by atoms with E-state index in [4.69, 9.17) is 0 Å². The van der Waals surface area contributed by atoms with Crippen LogP contribution in [-0.4, -0.2) is 23.0 Å². The minimum absolute atomic E-state index is 1.37. The Bertz CT molecular complexity index is 79.2. The van der Waals surface area contributed by atoms with Gasteiger partial charge in [-0.05, 0) is 0 Å². The summed E-state index contributed by atoms with van der Waals surface area (Å²) in [7, 11) is 0. The first-order valence-corrected chi connectivity index (χ1v) is 8.33. The molecule has 14 heavy (non-hydrogen) atoms. The molecule has 0 aliphatic heterocycles. The van der Waals surface area contributed by atoms with Crippen LogP contribution in [0.5, 0.6) is 0 Å². The third kappa shape index (κ3) is 12.8. The monoisotopic (exact) mass is 304 g/mol. The zero-order valence-electron chi connectivity index (χ0n) is 9.93. The van der Waals surface area contributed by atoms with E-state index in [1.165, 1.54) is 75.0 Å². The molecule has 84 valence electrons. The third-order valence-corrected chi connectivity index (χ3v) is 3.66. The van der Waals surface area contributed by atoms with Crippen LogP contribution in [0.25, 0.3) is 0 Å². The molecule has 0 aliphatic rings. The van der Waals surface area contributed by atoms with E-state index in [2.05, 4.69) is 6.92 Å². The van der Waals surface area contributed by atoms with Crippen molar-refractivity contribution in [2.24, 2.45) is 0 Å². The van der Waals surface area contributed by atoms with Crippen molar-refractivity contribution in [3.8, 4) is 0 Å². The molecule has 0 fully saturated rings. The zero-order valence-corrected chi connectivity index (χ0v) is 12.5. The van der Waals surface area contributed by atoms with E-state index in [1.54, 1.807) is 0 Å². The fourth-order valence-electron chi connectivity index (χ4n) is 1.78.